The molecule has 0 bridgehead atoms. The molecule has 1 aromatic carbocycles. The quantitative estimate of drug-likeness (QED) is 0.520. The van der Waals surface area contributed by atoms with E-state index in [-0.39, 0.29) is 11.5 Å². The van der Waals surface area contributed by atoms with Gasteiger partial charge >= 0.3 is 0 Å². The van der Waals surface area contributed by atoms with E-state index in [4.69, 9.17) is 0 Å². The fraction of sp³-hybridized carbons (Fsp3) is 0.125. The van der Waals surface area contributed by atoms with Crippen LogP contribution in [-0.4, -0.2) is 10.0 Å². The molecule has 0 aromatic heterocycles. The highest BCUT2D eigenvalue weighted by atomic mass is 16.6. The van der Waals surface area contributed by atoms with Gasteiger partial charge in [-0.05, 0) is 37.3 Å². The van der Waals surface area contributed by atoms with E-state index in [0.717, 1.165) is 5.57 Å². The molecule has 0 unspecified atom stereocenters. The summed E-state index contributed by atoms with van der Waals surface area (Å²) in [6, 6.07) is 5.14. The Labute approximate surface area is 117 Å². The highest BCUT2D eigenvalue weighted by Crippen LogP contribution is 2.23. The van der Waals surface area contributed by atoms with Gasteiger partial charge < -0.3 is 5.11 Å². The molecular formula is C16H17NO3. The highest BCUT2D eigenvalue weighted by molar-refractivity contribution is 5.79. The molecule has 0 aliphatic heterocycles. The van der Waals surface area contributed by atoms with Crippen LogP contribution in [-0.2, 0) is 0 Å². The Morgan fingerprint density at radius 2 is 2.00 bits per heavy atom. The van der Waals surface area contributed by atoms with Crippen molar-refractivity contribution in [3.63, 3.8) is 0 Å². The number of nitro groups is 1. The normalized spacial score (nSPS) is 11.5. The van der Waals surface area contributed by atoms with Gasteiger partial charge in [0, 0.05) is 5.22 Å². The van der Waals surface area contributed by atoms with Gasteiger partial charge in [-0.3, -0.25) is 10.1 Å². The number of hydrogen-bond donors (Lipinski definition) is 1. The lowest BCUT2D eigenvalue weighted by atomic mass is 9.95. The van der Waals surface area contributed by atoms with E-state index in [9.17, 15) is 15.2 Å². The maximum Gasteiger partial charge on any atom is 0.270 e. The van der Waals surface area contributed by atoms with Crippen molar-refractivity contribution >= 4 is 17.9 Å². The molecule has 20 heavy (non-hydrogen) atoms. The van der Waals surface area contributed by atoms with Gasteiger partial charge in [-0.1, -0.05) is 36.9 Å². The first-order valence-corrected chi connectivity index (χ1v) is 5.96. The average molecular weight is 271 g/mol. The number of allylic oxidation sites excluding steroid dienone is 2. The Morgan fingerprint density at radius 1 is 1.40 bits per heavy atom. The lowest BCUT2D eigenvalue weighted by Crippen LogP contribution is -2.30. The van der Waals surface area contributed by atoms with Crippen LogP contribution < -0.4 is 10.4 Å². The maximum absolute atomic E-state index is 11.0. The van der Waals surface area contributed by atoms with Crippen LogP contribution in [0.4, 0.5) is 0 Å². The minimum absolute atomic E-state index is 0.0690. The SMILES string of the molecule is C=C/C(O)=c1/c(C(C(=C)[N+](=O)[O-])=C(C)C)cccc1=C. The molecule has 104 valence electrons. The van der Waals surface area contributed by atoms with Gasteiger partial charge in [0.25, 0.3) is 5.70 Å². The number of nitrogens with zero attached hydrogens (tertiary/aromatic N) is 1. The van der Waals surface area contributed by atoms with E-state index in [2.05, 4.69) is 19.7 Å². The van der Waals surface area contributed by atoms with Crippen molar-refractivity contribution < 1.29 is 10.0 Å². The lowest BCUT2D eigenvalue weighted by Gasteiger charge is -2.09. The highest BCUT2D eigenvalue weighted by Gasteiger charge is 2.19. The molecule has 1 rings (SSSR count). The van der Waals surface area contributed by atoms with Crippen LogP contribution in [0.2, 0.25) is 0 Å². The van der Waals surface area contributed by atoms with Crippen molar-refractivity contribution in [2.75, 3.05) is 0 Å². The third-order valence-corrected chi connectivity index (χ3v) is 2.88. The van der Waals surface area contributed by atoms with E-state index in [1.54, 1.807) is 32.0 Å². The van der Waals surface area contributed by atoms with Gasteiger partial charge in [-0.2, -0.15) is 0 Å². The van der Waals surface area contributed by atoms with Gasteiger partial charge in [-0.15, -0.1) is 0 Å². The number of aliphatic hydroxyl groups excluding tert-OH is 1. The van der Waals surface area contributed by atoms with Crippen LogP contribution >= 0.6 is 0 Å². The summed E-state index contributed by atoms with van der Waals surface area (Å²) in [7, 11) is 0. The van der Waals surface area contributed by atoms with Crippen molar-refractivity contribution in [3.8, 4) is 0 Å². The van der Waals surface area contributed by atoms with E-state index >= 15 is 0 Å². The first-order chi connectivity index (χ1) is 9.31. The summed E-state index contributed by atoms with van der Waals surface area (Å²) in [5.41, 5.74) is 1.43. The molecule has 4 nitrogen and oxygen atoms in total. The predicted octanol–water partition coefficient (Wildman–Crippen LogP) is 2.53. The molecule has 0 spiro atoms. The van der Waals surface area contributed by atoms with Crippen LogP contribution in [0.3, 0.4) is 0 Å². The van der Waals surface area contributed by atoms with Crippen molar-refractivity contribution in [2.24, 2.45) is 0 Å². The average Bonchev–Trinajstić information content (AvgIpc) is 2.37. The van der Waals surface area contributed by atoms with Gasteiger partial charge in [0.05, 0.1) is 10.5 Å². The summed E-state index contributed by atoms with van der Waals surface area (Å²) in [6.45, 7) is 14.4. The van der Waals surface area contributed by atoms with E-state index in [1.165, 1.54) is 6.08 Å². The zero-order chi connectivity index (χ0) is 15.4. The van der Waals surface area contributed by atoms with E-state index < -0.39 is 4.92 Å². The molecule has 4 heteroatoms. The third kappa shape index (κ3) is 2.85. The third-order valence-electron chi connectivity index (χ3n) is 2.88. The number of aliphatic hydroxyl groups is 1. The molecule has 0 saturated heterocycles. The predicted molar refractivity (Wildman–Crippen MR) is 81.9 cm³/mol. The summed E-state index contributed by atoms with van der Waals surface area (Å²) in [5, 5.41) is 22.0. The van der Waals surface area contributed by atoms with Crippen molar-refractivity contribution in [1.82, 2.24) is 0 Å². The Kier molecular flexibility index (Phi) is 4.64. The van der Waals surface area contributed by atoms with Crippen LogP contribution in [0.5, 0.6) is 0 Å². The monoisotopic (exact) mass is 271 g/mol. The second-order valence-corrected chi connectivity index (χ2v) is 4.51. The zero-order valence-corrected chi connectivity index (χ0v) is 11.6. The molecule has 0 aliphatic rings. The van der Waals surface area contributed by atoms with Gasteiger partial charge in [0.15, 0.2) is 0 Å². The van der Waals surface area contributed by atoms with Crippen LogP contribution in [0.1, 0.15) is 19.4 Å². The molecule has 0 amide bonds. The second-order valence-electron chi connectivity index (χ2n) is 4.51. The Hall–Kier alpha value is -2.62. The Bertz CT molecular complexity index is 723. The zero-order valence-electron chi connectivity index (χ0n) is 11.6. The molecule has 0 atom stereocenters. The van der Waals surface area contributed by atoms with Crippen LogP contribution in [0.15, 0.2) is 48.7 Å². The molecule has 0 heterocycles. The summed E-state index contributed by atoms with van der Waals surface area (Å²) >= 11 is 0. The largest absolute Gasteiger partial charge is 0.507 e. The molecule has 1 N–H and O–H groups in total. The molecular weight excluding hydrogens is 254 g/mol. The Balaban J connectivity index is 3.89. The number of rotatable bonds is 4. The minimum atomic E-state index is -0.535. The topological polar surface area (TPSA) is 63.4 Å². The first kappa shape index (κ1) is 15.4. The maximum atomic E-state index is 11.0. The fourth-order valence-electron chi connectivity index (χ4n) is 2.02. The minimum Gasteiger partial charge on any atom is -0.507 e. The van der Waals surface area contributed by atoms with Gasteiger partial charge in [-0.25, -0.2) is 0 Å². The first-order valence-electron chi connectivity index (χ1n) is 5.96. The fourth-order valence-corrected chi connectivity index (χ4v) is 2.02. The molecule has 0 radical (unpaired) electrons. The van der Waals surface area contributed by atoms with Crippen molar-refractivity contribution in [2.45, 2.75) is 13.8 Å². The summed E-state index contributed by atoms with van der Waals surface area (Å²) in [6.07, 6.45) is 1.28. The lowest BCUT2D eigenvalue weighted by molar-refractivity contribution is -0.416. The summed E-state index contributed by atoms with van der Waals surface area (Å²) < 4.78 is 0. The molecule has 0 aliphatic carbocycles. The summed E-state index contributed by atoms with van der Waals surface area (Å²) in [4.78, 5) is 10.5. The number of benzene rings is 1. The number of hydrogen-bond acceptors (Lipinski definition) is 3. The molecule has 0 saturated carbocycles. The molecule has 0 fully saturated rings. The van der Waals surface area contributed by atoms with Crippen LogP contribution in [0.25, 0.3) is 17.9 Å². The van der Waals surface area contributed by atoms with Crippen molar-refractivity contribution in [3.05, 3.63) is 74.8 Å². The van der Waals surface area contributed by atoms with Gasteiger partial charge in [0.2, 0.25) is 0 Å². The smallest absolute Gasteiger partial charge is 0.270 e. The van der Waals surface area contributed by atoms with E-state index in [1.807, 2.05) is 0 Å². The summed E-state index contributed by atoms with van der Waals surface area (Å²) in [5.74, 6) is -0.0690. The van der Waals surface area contributed by atoms with Crippen molar-refractivity contribution in [1.29, 1.82) is 0 Å². The standard InChI is InChI=1S/C16H17NO3/c1-6-14(18)16-11(4)8-7-9-13(16)15(10(2)3)12(5)17(19)20/h6-9,18H,1,4-5H2,2-3H3/b16-14-. The molecule has 1 aromatic rings. The van der Waals surface area contributed by atoms with E-state index in [0.29, 0.717) is 21.6 Å². The Morgan fingerprint density at radius 3 is 2.45 bits per heavy atom. The second kappa shape index (κ2) is 6.02. The van der Waals surface area contributed by atoms with Gasteiger partial charge in [0.1, 0.15) is 5.76 Å². The van der Waals surface area contributed by atoms with Crippen LogP contribution in [0, 0.1) is 10.1 Å².